The maximum absolute atomic E-state index is 13.8. The molecule has 8 heteroatoms. The average Bonchev–Trinajstić information content (AvgIpc) is 3.34. The maximum atomic E-state index is 13.8. The number of carbonyl (C=O) groups is 2. The van der Waals surface area contributed by atoms with Gasteiger partial charge in [0, 0.05) is 42.2 Å². The molecular formula is C25H32F3N3O2. The fourth-order valence-electron chi connectivity index (χ4n) is 7.35. The van der Waals surface area contributed by atoms with Gasteiger partial charge in [0.2, 0.25) is 5.91 Å². The van der Waals surface area contributed by atoms with E-state index in [-0.39, 0.29) is 40.8 Å². The summed E-state index contributed by atoms with van der Waals surface area (Å²) in [6.45, 7) is 3.94. The standard InChI is InChI=1S/C25H32F3N3O2/c1-14-19-11-21-16(9-17(13-30-21)25(26,27)28)10-20(19)22(32)24(14)6-3-18(12-24)31-7-4-15(5-8-31)23(33)29-2/h9,13-15,18-20H,3-8,10-12H2,1-2H3,(H,29,33)/t14?,18?,19?,20?,24-/m0/s1. The van der Waals surface area contributed by atoms with Gasteiger partial charge in [-0.1, -0.05) is 6.92 Å². The van der Waals surface area contributed by atoms with Gasteiger partial charge in [0.25, 0.3) is 0 Å². The molecule has 180 valence electrons. The number of likely N-dealkylation sites (tertiary alicyclic amines) is 1. The van der Waals surface area contributed by atoms with Crippen molar-refractivity contribution in [2.24, 2.45) is 29.1 Å². The first-order valence-corrected chi connectivity index (χ1v) is 12.2. The molecule has 2 heterocycles. The van der Waals surface area contributed by atoms with Crippen molar-refractivity contribution in [3.8, 4) is 0 Å². The Morgan fingerprint density at radius 2 is 1.94 bits per heavy atom. The Balaban J connectivity index is 1.31. The largest absolute Gasteiger partial charge is 0.417 e. The highest BCUT2D eigenvalue weighted by Gasteiger charge is 2.61. The van der Waals surface area contributed by atoms with Crippen molar-refractivity contribution in [1.82, 2.24) is 15.2 Å². The third kappa shape index (κ3) is 3.69. The topological polar surface area (TPSA) is 62.3 Å². The van der Waals surface area contributed by atoms with Crippen LogP contribution < -0.4 is 5.32 Å². The quantitative estimate of drug-likeness (QED) is 0.728. The molecule has 4 aliphatic rings. The van der Waals surface area contributed by atoms with E-state index in [1.165, 1.54) is 6.07 Å². The zero-order valence-electron chi connectivity index (χ0n) is 19.3. The lowest BCUT2D eigenvalue weighted by molar-refractivity contribution is -0.138. The average molecular weight is 464 g/mol. The smallest absolute Gasteiger partial charge is 0.359 e. The van der Waals surface area contributed by atoms with Gasteiger partial charge in [0.15, 0.2) is 0 Å². The first kappa shape index (κ1) is 22.8. The number of hydrogen-bond acceptors (Lipinski definition) is 4. The van der Waals surface area contributed by atoms with Gasteiger partial charge in [-0.2, -0.15) is 13.2 Å². The van der Waals surface area contributed by atoms with Crippen LogP contribution >= 0.6 is 0 Å². The predicted molar refractivity (Wildman–Crippen MR) is 116 cm³/mol. The molecule has 1 N–H and O–H groups in total. The number of alkyl halides is 3. The summed E-state index contributed by atoms with van der Waals surface area (Å²) in [4.78, 5) is 32.3. The summed E-state index contributed by atoms with van der Waals surface area (Å²) in [6, 6.07) is 1.55. The van der Waals surface area contributed by atoms with E-state index in [9.17, 15) is 22.8 Å². The third-order valence-electron chi connectivity index (χ3n) is 9.30. The molecule has 3 aliphatic carbocycles. The van der Waals surface area contributed by atoms with Crippen molar-refractivity contribution >= 4 is 11.7 Å². The molecule has 1 saturated heterocycles. The fourth-order valence-corrected chi connectivity index (χ4v) is 7.35. The van der Waals surface area contributed by atoms with Crippen LogP contribution in [0.2, 0.25) is 0 Å². The van der Waals surface area contributed by atoms with Gasteiger partial charge in [-0.15, -0.1) is 0 Å². The molecule has 33 heavy (non-hydrogen) atoms. The van der Waals surface area contributed by atoms with Crippen molar-refractivity contribution in [1.29, 1.82) is 0 Å². The van der Waals surface area contributed by atoms with Crippen LogP contribution in [0.25, 0.3) is 0 Å². The number of pyridine rings is 1. The number of rotatable bonds is 2. The van der Waals surface area contributed by atoms with Crippen LogP contribution in [-0.2, 0) is 28.6 Å². The number of nitrogens with zero attached hydrogens (tertiary/aromatic N) is 2. The lowest BCUT2D eigenvalue weighted by atomic mass is 9.73. The summed E-state index contributed by atoms with van der Waals surface area (Å²) in [5.41, 5.74) is 0.224. The summed E-state index contributed by atoms with van der Waals surface area (Å²) < 4.78 is 39.5. The molecule has 3 fully saturated rings. The number of nitrogens with one attached hydrogen (secondary N) is 1. The number of ketones is 1. The van der Waals surface area contributed by atoms with E-state index in [0.717, 1.165) is 57.1 Å². The molecule has 5 rings (SSSR count). The summed E-state index contributed by atoms with van der Waals surface area (Å²) in [6.07, 6.45) is 1.85. The first-order valence-electron chi connectivity index (χ1n) is 12.2. The van der Waals surface area contributed by atoms with Crippen LogP contribution in [0.5, 0.6) is 0 Å². The van der Waals surface area contributed by atoms with Crippen LogP contribution in [0.15, 0.2) is 12.3 Å². The van der Waals surface area contributed by atoms with E-state index in [4.69, 9.17) is 0 Å². The lowest BCUT2D eigenvalue weighted by Crippen LogP contribution is -2.44. The van der Waals surface area contributed by atoms with Gasteiger partial charge < -0.3 is 10.2 Å². The highest BCUT2D eigenvalue weighted by molar-refractivity contribution is 5.91. The molecule has 5 nitrogen and oxygen atoms in total. The Morgan fingerprint density at radius 1 is 1.21 bits per heavy atom. The number of hydrogen-bond donors (Lipinski definition) is 1. The zero-order valence-corrected chi connectivity index (χ0v) is 19.3. The number of halogens is 3. The van der Waals surface area contributed by atoms with Crippen LogP contribution in [0.1, 0.15) is 55.8 Å². The van der Waals surface area contributed by atoms with Gasteiger partial charge >= 0.3 is 6.18 Å². The number of aromatic nitrogens is 1. The van der Waals surface area contributed by atoms with Crippen LogP contribution in [0, 0.1) is 29.1 Å². The number of carbonyl (C=O) groups excluding carboxylic acids is 2. The van der Waals surface area contributed by atoms with Crippen molar-refractivity contribution in [2.75, 3.05) is 20.1 Å². The highest BCUT2D eigenvalue weighted by atomic mass is 19.4. The fraction of sp³-hybridized carbons (Fsp3) is 0.720. The number of Topliss-reactive ketones (excluding diaryl/α,β-unsaturated/α-hetero) is 1. The summed E-state index contributed by atoms with van der Waals surface area (Å²) in [5.74, 6) is 0.626. The van der Waals surface area contributed by atoms with E-state index < -0.39 is 11.7 Å². The third-order valence-corrected chi connectivity index (χ3v) is 9.30. The van der Waals surface area contributed by atoms with Crippen LogP contribution in [-0.4, -0.2) is 47.8 Å². The Bertz CT molecular complexity index is 957. The molecule has 0 radical (unpaired) electrons. The van der Waals surface area contributed by atoms with E-state index in [2.05, 4.69) is 22.1 Å². The van der Waals surface area contributed by atoms with Gasteiger partial charge in [0.1, 0.15) is 5.78 Å². The maximum Gasteiger partial charge on any atom is 0.417 e. The van der Waals surface area contributed by atoms with Gasteiger partial charge in [-0.05, 0) is 81.5 Å². The molecule has 1 aromatic rings. The summed E-state index contributed by atoms with van der Waals surface area (Å²) >= 11 is 0. The molecule has 1 spiro atoms. The SMILES string of the molecule is CNC(=O)C1CCN(C2CC[C@@]3(C2)C(=O)C2Cc4cc(C(F)(F)F)cnc4CC2C3C)CC1. The van der Waals surface area contributed by atoms with Crippen LogP contribution in [0.3, 0.4) is 0 Å². The number of amides is 1. The predicted octanol–water partition coefficient (Wildman–Crippen LogP) is 3.65. The normalized spacial score (nSPS) is 35.0. The minimum absolute atomic E-state index is 0.0733. The second-order valence-electron chi connectivity index (χ2n) is 10.6. The van der Waals surface area contributed by atoms with Crippen molar-refractivity contribution < 1.29 is 22.8 Å². The summed E-state index contributed by atoms with van der Waals surface area (Å²) in [7, 11) is 1.68. The molecule has 1 aliphatic heterocycles. The highest BCUT2D eigenvalue weighted by Crippen LogP contribution is 2.59. The molecule has 1 aromatic heterocycles. The summed E-state index contributed by atoms with van der Waals surface area (Å²) in [5, 5.41) is 2.75. The van der Waals surface area contributed by atoms with Crippen molar-refractivity contribution in [3.63, 3.8) is 0 Å². The molecule has 0 bridgehead atoms. The lowest BCUT2D eigenvalue weighted by Gasteiger charge is -2.37. The minimum Gasteiger partial charge on any atom is -0.359 e. The monoisotopic (exact) mass is 463 g/mol. The van der Waals surface area contributed by atoms with E-state index in [1.54, 1.807) is 7.05 Å². The number of piperidine rings is 1. The Labute approximate surface area is 192 Å². The molecule has 4 unspecified atom stereocenters. The van der Waals surface area contributed by atoms with Gasteiger partial charge in [-0.25, -0.2) is 0 Å². The van der Waals surface area contributed by atoms with E-state index in [1.807, 2.05) is 0 Å². The molecule has 0 aromatic carbocycles. The second kappa shape index (κ2) is 8.07. The molecular weight excluding hydrogens is 431 g/mol. The van der Waals surface area contributed by atoms with E-state index in [0.29, 0.717) is 24.4 Å². The van der Waals surface area contributed by atoms with E-state index >= 15 is 0 Å². The Kier molecular flexibility index (Phi) is 5.58. The minimum atomic E-state index is -4.42. The van der Waals surface area contributed by atoms with Gasteiger partial charge in [0.05, 0.1) is 5.56 Å². The molecule has 5 atom stereocenters. The number of fused-ring (bicyclic) bond motifs is 2. The molecule has 2 saturated carbocycles. The Morgan fingerprint density at radius 3 is 2.61 bits per heavy atom. The Hall–Kier alpha value is -1.96. The van der Waals surface area contributed by atoms with Crippen LogP contribution in [0.4, 0.5) is 13.2 Å². The van der Waals surface area contributed by atoms with Crippen molar-refractivity contribution in [3.05, 3.63) is 29.1 Å². The molecule has 1 amide bonds. The first-order chi connectivity index (χ1) is 15.6. The van der Waals surface area contributed by atoms with Crippen molar-refractivity contribution in [2.45, 2.75) is 64.1 Å². The van der Waals surface area contributed by atoms with Gasteiger partial charge in [-0.3, -0.25) is 14.6 Å². The zero-order chi connectivity index (χ0) is 23.5. The second-order valence-corrected chi connectivity index (χ2v) is 10.6.